The van der Waals surface area contributed by atoms with Crippen molar-refractivity contribution < 1.29 is 23.8 Å². The van der Waals surface area contributed by atoms with E-state index in [9.17, 15) is 19.1 Å². The Morgan fingerprint density at radius 1 is 1.16 bits per heavy atom. The molecule has 0 aliphatic rings. The third kappa shape index (κ3) is 5.32. The highest BCUT2D eigenvalue weighted by Crippen LogP contribution is 2.37. The lowest BCUT2D eigenvalue weighted by Crippen LogP contribution is -2.16. The molecule has 168 valence electrons. The standard InChI is InChI=1S/C26H28FNO4/c1-4-32-24(31)16-21(30)15-20(29)12-13-22-25(17(2)3)23-7-5-6-14-28(23)26(22)18-8-10-19(27)11-9-18/h5-14,17,20,29H,4,15-16H2,1-3H3. The number of carbonyl (C=O) groups is 2. The third-order valence-corrected chi connectivity index (χ3v) is 5.19. The van der Waals surface area contributed by atoms with Crippen molar-refractivity contribution in [2.24, 2.45) is 0 Å². The zero-order valence-electron chi connectivity index (χ0n) is 18.5. The van der Waals surface area contributed by atoms with Gasteiger partial charge in [0.25, 0.3) is 0 Å². The van der Waals surface area contributed by atoms with E-state index in [0.29, 0.717) is 0 Å². The molecule has 3 rings (SSSR count). The SMILES string of the molecule is CCOC(=O)CC(=O)CC(O)C=Cc1c(C(C)C)c2ccccn2c1-c1ccc(F)cc1. The number of carbonyl (C=O) groups excluding carboxylic acids is 2. The maximum atomic E-state index is 13.5. The van der Waals surface area contributed by atoms with E-state index in [-0.39, 0.29) is 37.0 Å². The van der Waals surface area contributed by atoms with E-state index in [0.717, 1.165) is 27.9 Å². The topological polar surface area (TPSA) is 68.0 Å². The van der Waals surface area contributed by atoms with Gasteiger partial charge >= 0.3 is 5.97 Å². The second-order valence-corrected chi connectivity index (χ2v) is 7.94. The summed E-state index contributed by atoms with van der Waals surface area (Å²) in [5.41, 5.74) is 4.73. The van der Waals surface area contributed by atoms with Crippen LogP contribution >= 0.6 is 0 Å². The monoisotopic (exact) mass is 437 g/mol. The number of benzene rings is 1. The van der Waals surface area contributed by atoms with E-state index in [4.69, 9.17) is 4.74 Å². The van der Waals surface area contributed by atoms with Gasteiger partial charge in [-0.15, -0.1) is 0 Å². The van der Waals surface area contributed by atoms with Gasteiger partial charge in [0.2, 0.25) is 0 Å². The first-order chi connectivity index (χ1) is 15.3. The Morgan fingerprint density at radius 2 is 1.88 bits per heavy atom. The number of hydrogen-bond acceptors (Lipinski definition) is 4. The first-order valence-corrected chi connectivity index (χ1v) is 10.7. The lowest BCUT2D eigenvalue weighted by atomic mass is 9.95. The van der Waals surface area contributed by atoms with Crippen LogP contribution in [0.15, 0.2) is 54.7 Å². The van der Waals surface area contributed by atoms with Crippen molar-refractivity contribution in [2.75, 3.05) is 6.61 Å². The summed E-state index contributed by atoms with van der Waals surface area (Å²) in [6.07, 6.45) is 3.76. The highest BCUT2D eigenvalue weighted by atomic mass is 19.1. The van der Waals surface area contributed by atoms with Gasteiger partial charge in [-0.3, -0.25) is 9.59 Å². The number of aliphatic hydroxyl groups is 1. The second-order valence-electron chi connectivity index (χ2n) is 7.94. The number of aliphatic hydroxyl groups excluding tert-OH is 1. The Bertz CT molecular complexity index is 1130. The summed E-state index contributed by atoms with van der Waals surface area (Å²) >= 11 is 0. The summed E-state index contributed by atoms with van der Waals surface area (Å²) in [6, 6.07) is 12.2. The molecule has 1 aromatic carbocycles. The molecule has 5 nitrogen and oxygen atoms in total. The Hall–Kier alpha value is -3.25. The van der Waals surface area contributed by atoms with Crippen molar-refractivity contribution in [3.63, 3.8) is 0 Å². The molecule has 0 fully saturated rings. The fourth-order valence-electron chi connectivity index (χ4n) is 3.88. The molecule has 3 aromatic rings. The van der Waals surface area contributed by atoms with Crippen LogP contribution in [-0.4, -0.2) is 34.0 Å². The highest BCUT2D eigenvalue weighted by molar-refractivity contribution is 5.96. The van der Waals surface area contributed by atoms with Crippen molar-refractivity contribution in [3.8, 4) is 11.3 Å². The predicted molar refractivity (Wildman–Crippen MR) is 123 cm³/mol. The van der Waals surface area contributed by atoms with Crippen LogP contribution in [0.4, 0.5) is 4.39 Å². The Kier molecular flexibility index (Phi) is 7.59. The Morgan fingerprint density at radius 3 is 2.53 bits per heavy atom. The fraction of sp³-hybridized carbons (Fsp3) is 0.308. The molecular weight excluding hydrogens is 409 g/mol. The van der Waals surface area contributed by atoms with Gasteiger partial charge in [-0.25, -0.2) is 4.39 Å². The third-order valence-electron chi connectivity index (χ3n) is 5.19. The van der Waals surface area contributed by atoms with Gasteiger partial charge < -0.3 is 14.2 Å². The van der Waals surface area contributed by atoms with Crippen LogP contribution in [0.3, 0.4) is 0 Å². The van der Waals surface area contributed by atoms with Crippen LogP contribution in [-0.2, 0) is 14.3 Å². The summed E-state index contributed by atoms with van der Waals surface area (Å²) in [5.74, 6) is -1.10. The number of nitrogens with zero attached hydrogens (tertiary/aromatic N) is 1. The fourth-order valence-corrected chi connectivity index (χ4v) is 3.88. The lowest BCUT2D eigenvalue weighted by Gasteiger charge is -2.09. The molecule has 0 saturated carbocycles. The number of Topliss-reactive ketones (excluding diaryl/α,β-unsaturated/α-hetero) is 1. The Labute approximate surface area is 187 Å². The van der Waals surface area contributed by atoms with Gasteiger partial charge in [0.05, 0.1) is 18.4 Å². The minimum atomic E-state index is -1.04. The minimum absolute atomic E-state index is 0.175. The molecule has 0 spiro atoms. The molecule has 6 heteroatoms. The number of fused-ring (bicyclic) bond motifs is 1. The highest BCUT2D eigenvalue weighted by Gasteiger charge is 2.20. The molecule has 32 heavy (non-hydrogen) atoms. The van der Waals surface area contributed by atoms with Gasteiger partial charge in [0, 0.05) is 23.7 Å². The molecule has 1 N–H and O–H groups in total. The maximum absolute atomic E-state index is 13.5. The normalized spacial score (nSPS) is 12.6. The molecule has 1 unspecified atom stereocenters. The van der Waals surface area contributed by atoms with E-state index in [1.807, 2.05) is 30.5 Å². The lowest BCUT2D eigenvalue weighted by molar-refractivity contribution is -0.145. The van der Waals surface area contributed by atoms with Crippen LogP contribution in [0, 0.1) is 5.82 Å². The Balaban J connectivity index is 1.98. The summed E-state index contributed by atoms with van der Waals surface area (Å²) < 4.78 is 20.4. The van der Waals surface area contributed by atoms with E-state index in [1.54, 1.807) is 25.1 Å². The van der Waals surface area contributed by atoms with Crippen LogP contribution in [0.25, 0.3) is 22.9 Å². The summed E-state index contributed by atoms with van der Waals surface area (Å²) in [5, 5.41) is 10.4. The summed E-state index contributed by atoms with van der Waals surface area (Å²) in [4.78, 5) is 23.5. The average Bonchev–Trinajstić information content (AvgIpc) is 3.07. The zero-order valence-corrected chi connectivity index (χ0v) is 18.5. The average molecular weight is 438 g/mol. The molecule has 0 aliphatic heterocycles. The number of ether oxygens (including phenoxy) is 1. The van der Waals surface area contributed by atoms with Gasteiger partial charge in [-0.2, -0.15) is 0 Å². The van der Waals surface area contributed by atoms with Crippen LogP contribution in [0.5, 0.6) is 0 Å². The molecule has 1 atom stereocenters. The van der Waals surface area contributed by atoms with Crippen LogP contribution in [0.1, 0.15) is 50.7 Å². The second kappa shape index (κ2) is 10.4. The summed E-state index contributed by atoms with van der Waals surface area (Å²) in [6.45, 7) is 6.06. The maximum Gasteiger partial charge on any atom is 0.313 e. The molecule has 0 aliphatic carbocycles. The number of rotatable bonds is 9. The van der Waals surface area contributed by atoms with Crippen molar-refractivity contribution >= 4 is 23.3 Å². The molecule has 2 heterocycles. The number of ketones is 1. The number of aromatic nitrogens is 1. The van der Waals surface area contributed by atoms with Gasteiger partial charge in [0.1, 0.15) is 18.0 Å². The number of esters is 1. The van der Waals surface area contributed by atoms with Crippen molar-refractivity contribution in [1.29, 1.82) is 0 Å². The molecule has 2 aromatic heterocycles. The van der Waals surface area contributed by atoms with Crippen molar-refractivity contribution in [3.05, 3.63) is 71.7 Å². The van der Waals surface area contributed by atoms with Crippen LogP contribution in [0.2, 0.25) is 0 Å². The molecule has 0 saturated heterocycles. The number of pyridine rings is 1. The molecule has 0 bridgehead atoms. The first kappa shape index (κ1) is 23.4. The van der Waals surface area contributed by atoms with Crippen molar-refractivity contribution in [1.82, 2.24) is 4.40 Å². The van der Waals surface area contributed by atoms with Gasteiger partial charge in [-0.05, 0) is 60.4 Å². The van der Waals surface area contributed by atoms with Crippen molar-refractivity contribution in [2.45, 2.75) is 45.6 Å². The quantitative estimate of drug-likeness (QED) is 0.371. The van der Waals surface area contributed by atoms with E-state index in [1.165, 1.54) is 12.1 Å². The van der Waals surface area contributed by atoms with E-state index < -0.39 is 12.1 Å². The largest absolute Gasteiger partial charge is 0.466 e. The molecule has 0 radical (unpaired) electrons. The van der Waals surface area contributed by atoms with Crippen LogP contribution < -0.4 is 0 Å². The zero-order chi connectivity index (χ0) is 23.3. The molecular formula is C26H28FNO4. The number of hydrogen-bond donors (Lipinski definition) is 1. The van der Waals surface area contributed by atoms with Gasteiger partial charge in [0.15, 0.2) is 0 Å². The predicted octanol–water partition coefficient (Wildman–Crippen LogP) is 5.16. The first-order valence-electron chi connectivity index (χ1n) is 10.7. The molecule has 0 amide bonds. The van der Waals surface area contributed by atoms with E-state index >= 15 is 0 Å². The smallest absolute Gasteiger partial charge is 0.313 e. The minimum Gasteiger partial charge on any atom is -0.466 e. The summed E-state index contributed by atoms with van der Waals surface area (Å²) in [7, 11) is 0. The number of halogens is 1. The van der Waals surface area contributed by atoms with Gasteiger partial charge in [-0.1, -0.05) is 32.1 Å². The van der Waals surface area contributed by atoms with E-state index in [2.05, 4.69) is 18.2 Å².